The molecule has 5 aromatic rings. The summed E-state index contributed by atoms with van der Waals surface area (Å²) >= 11 is 0. The summed E-state index contributed by atoms with van der Waals surface area (Å²) in [5.41, 5.74) is 1.67. The first-order chi connectivity index (χ1) is 12.8. The van der Waals surface area contributed by atoms with Crippen molar-refractivity contribution in [2.75, 3.05) is 0 Å². The van der Waals surface area contributed by atoms with Crippen molar-refractivity contribution in [2.24, 2.45) is 0 Å². The molecule has 0 atom stereocenters. The third-order valence-corrected chi connectivity index (χ3v) is 4.52. The highest BCUT2D eigenvalue weighted by Gasteiger charge is 2.17. The van der Waals surface area contributed by atoms with Gasteiger partial charge in [0, 0.05) is 5.39 Å². The molecule has 0 amide bonds. The van der Waals surface area contributed by atoms with Gasteiger partial charge < -0.3 is 4.74 Å². The van der Waals surface area contributed by atoms with Gasteiger partial charge in [-0.25, -0.2) is 0 Å². The van der Waals surface area contributed by atoms with E-state index >= 15 is 0 Å². The molecule has 0 saturated heterocycles. The molecule has 124 valence electrons. The third-order valence-electron chi connectivity index (χ3n) is 4.52. The quantitative estimate of drug-likeness (QED) is 0.466. The lowest BCUT2D eigenvalue weighted by Crippen LogP contribution is -2.50. The van der Waals surface area contributed by atoms with Gasteiger partial charge in [-0.05, 0) is 48.5 Å². The Balaban J connectivity index is 1.57. The second-order valence-corrected chi connectivity index (χ2v) is 6.16. The number of para-hydroxylation sites is 2. The zero-order chi connectivity index (χ0) is 17.5. The van der Waals surface area contributed by atoms with Gasteiger partial charge in [-0.3, -0.25) is 0 Å². The number of benzene rings is 3. The van der Waals surface area contributed by atoms with Gasteiger partial charge in [-0.2, -0.15) is 13.8 Å². The van der Waals surface area contributed by atoms with Crippen LogP contribution in [0.25, 0.3) is 22.0 Å². The Hall–Kier alpha value is -3.66. The predicted octanol–water partition coefficient (Wildman–Crippen LogP) is 3.96. The summed E-state index contributed by atoms with van der Waals surface area (Å²) < 4.78 is 9.17. The lowest BCUT2D eigenvalue weighted by molar-refractivity contribution is -0.614. The van der Waals surface area contributed by atoms with E-state index in [9.17, 15) is 4.79 Å². The Morgan fingerprint density at radius 2 is 1.46 bits per heavy atom. The highest BCUT2D eigenvalue weighted by atomic mass is 16.5. The number of hydrogen-bond acceptors (Lipinski definition) is 2. The number of nitrogens with zero attached hydrogens (tertiary/aromatic N) is 2. The molecule has 0 unspecified atom stereocenters. The molecule has 0 aliphatic heterocycles. The number of hydrogen-bond donors (Lipinski definition) is 0. The molecular weight excluding hydrogens is 324 g/mol. The smallest absolute Gasteiger partial charge is 0.457 e. The molecule has 4 nitrogen and oxygen atoms in total. The van der Waals surface area contributed by atoms with E-state index in [-0.39, 0.29) is 5.69 Å². The van der Waals surface area contributed by atoms with Crippen LogP contribution in [0.5, 0.6) is 11.5 Å². The maximum Gasteiger partial charge on any atom is 0.508 e. The van der Waals surface area contributed by atoms with Gasteiger partial charge in [-0.15, -0.1) is 0 Å². The van der Waals surface area contributed by atoms with Gasteiger partial charge in [0.1, 0.15) is 29.6 Å². The van der Waals surface area contributed by atoms with Crippen molar-refractivity contribution in [3.05, 3.63) is 102 Å². The minimum absolute atomic E-state index is 0.0876. The van der Waals surface area contributed by atoms with Gasteiger partial charge in [-0.1, -0.05) is 30.3 Å². The second-order valence-electron chi connectivity index (χ2n) is 6.16. The van der Waals surface area contributed by atoms with Crippen LogP contribution >= 0.6 is 0 Å². The minimum Gasteiger partial charge on any atom is -0.457 e. The number of aromatic nitrogens is 2. The van der Waals surface area contributed by atoms with Crippen LogP contribution in [0.2, 0.25) is 0 Å². The van der Waals surface area contributed by atoms with Crippen molar-refractivity contribution >= 4 is 16.3 Å². The Labute approximate surface area is 149 Å². The summed E-state index contributed by atoms with van der Waals surface area (Å²) in [6, 6.07) is 25.1. The Kier molecular flexibility index (Phi) is 3.22. The zero-order valence-corrected chi connectivity index (χ0v) is 13.9. The van der Waals surface area contributed by atoms with E-state index in [1.807, 2.05) is 91.3 Å². The third kappa shape index (κ3) is 2.31. The summed E-state index contributed by atoms with van der Waals surface area (Å²) in [6.45, 7) is 0. The first-order valence-corrected chi connectivity index (χ1v) is 8.41. The van der Waals surface area contributed by atoms with E-state index in [0.29, 0.717) is 0 Å². The van der Waals surface area contributed by atoms with Gasteiger partial charge >= 0.3 is 5.69 Å². The molecule has 0 radical (unpaired) electrons. The van der Waals surface area contributed by atoms with E-state index in [2.05, 4.69) is 0 Å². The molecule has 2 heterocycles. The fourth-order valence-electron chi connectivity index (χ4n) is 3.28. The molecule has 0 aliphatic carbocycles. The topological polar surface area (TPSA) is 34.6 Å². The SMILES string of the molecule is O=c1n2ccc3cccc(c[n+]1-c1ccc(Oc4ccccc4)cc1)c32. The molecular formula is C22H15N2O2+. The van der Waals surface area contributed by atoms with Crippen LogP contribution in [0.4, 0.5) is 0 Å². The predicted molar refractivity (Wildman–Crippen MR) is 100 cm³/mol. The van der Waals surface area contributed by atoms with Gasteiger partial charge in [0.2, 0.25) is 0 Å². The summed E-state index contributed by atoms with van der Waals surface area (Å²) in [5.74, 6) is 1.51. The van der Waals surface area contributed by atoms with E-state index < -0.39 is 0 Å². The molecule has 4 heteroatoms. The molecule has 3 aromatic carbocycles. The van der Waals surface area contributed by atoms with Gasteiger partial charge in [0.05, 0.1) is 5.39 Å². The average molecular weight is 339 g/mol. The van der Waals surface area contributed by atoms with E-state index in [4.69, 9.17) is 4.74 Å². The maximum absolute atomic E-state index is 12.9. The molecule has 0 bridgehead atoms. The number of rotatable bonds is 3. The molecule has 26 heavy (non-hydrogen) atoms. The first-order valence-electron chi connectivity index (χ1n) is 8.41. The van der Waals surface area contributed by atoms with Crippen LogP contribution in [-0.2, 0) is 0 Å². The molecule has 0 spiro atoms. The average Bonchev–Trinajstić information content (AvgIpc) is 3.12. The van der Waals surface area contributed by atoms with Gasteiger partial charge in [0.15, 0.2) is 5.52 Å². The highest BCUT2D eigenvalue weighted by Crippen LogP contribution is 2.22. The van der Waals surface area contributed by atoms with Crippen molar-refractivity contribution in [1.29, 1.82) is 0 Å². The molecule has 5 rings (SSSR count). The van der Waals surface area contributed by atoms with E-state index in [1.54, 1.807) is 8.97 Å². The summed E-state index contributed by atoms with van der Waals surface area (Å²) in [7, 11) is 0. The lowest BCUT2D eigenvalue weighted by atomic mass is 10.2. The van der Waals surface area contributed by atoms with Crippen molar-refractivity contribution in [3.63, 3.8) is 0 Å². The molecule has 0 aliphatic rings. The van der Waals surface area contributed by atoms with Crippen LogP contribution in [0, 0.1) is 0 Å². The molecule has 2 aromatic heterocycles. The van der Waals surface area contributed by atoms with Crippen LogP contribution < -0.4 is 15.0 Å². The fourth-order valence-corrected chi connectivity index (χ4v) is 3.28. The molecule has 0 fully saturated rings. The summed E-state index contributed by atoms with van der Waals surface area (Å²) in [4.78, 5) is 12.9. The Bertz CT molecular complexity index is 1260. The van der Waals surface area contributed by atoms with Gasteiger partial charge in [0.25, 0.3) is 0 Å². The molecule has 0 saturated carbocycles. The maximum atomic E-state index is 12.9. The van der Waals surface area contributed by atoms with Crippen molar-refractivity contribution in [1.82, 2.24) is 4.40 Å². The molecule has 0 N–H and O–H groups in total. The Morgan fingerprint density at radius 1 is 0.731 bits per heavy atom. The summed E-state index contributed by atoms with van der Waals surface area (Å²) in [6.07, 6.45) is 3.71. The van der Waals surface area contributed by atoms with Crippen LogP contribution in [0.1, 0.15) is 0 Å². The fraction of sp³-hybridized carbons (Fsp3) is 0. The second kappa shape index (κ2) is 5.70. The van der Waals surface area contributed by atoms with E-state index in [1.165, 1.54) is 0 Å². The zero-order valence-electron chi connectivity index (χ0n) is 13.9. The Morgan fingerprint density at radius 3 is 2.27 bits per heavy atom. The largest absolute Gasteiger partial charge is 0.508 e. The van der Waals surface area contributed by atoms with Crippen LogP contribution in [0.3, 0.4) is 0 Å². The van der Waals surface area contributed by atoms with Crippen molar-refractivity contribution < 1.29 is 9.30 Å². The lowest BCUT2D eigenvalue weighted by Gasteiger charge is -2.06. The van der Waals surface area contributed by atoms with E-state index in [0.717, 1.165) is 33.5 Å². The summed E-state index contributed by atoms with van der Waals surface area (Å²) in [5, 5.41) is 2.09. The first kappa shape index (κ1) is 14.7. The minimum atomic E-state index is -0.0876. The highest BCUT2D eigenvalue weighted by molar-refractivity contribution is 5.95. The van der Waals surface area contributed by atoms with Crippen LogP contribution in [-0.4, -0.2) is 4.40 Å². The normalized spacial score (nSPS) is 11.2. The number of ether oxygens (including phenoxy) is 1. The van der Waals surface area contributed by atoms with Crippen molar-refractivity contribution in [2.45, 2.75) is 0 Å². The monoisotopic (exact) mass is 339 g/mol. The van der Waals surface area contributed by atoms with Crippen molar-refractivity contribution in [3.8, 4) is 17.2 Å². The standard InChI is InChI=1S/C22H15N2O2/c25-22-23-14-13-16-5-4-6-17(21(16)23)15-24(22)18-9-11-20(12-10-18)26-19-7-2-1-3-8-19/h1-15H/q+1. The van der Waals surface area contributed by atoms with Crippen LogP contribution in [0.15, 0.2) is 96.1 Å².